The van der Waals surface area contributed by atoms with Crippen LogP contribution in [-0.2, 0) is 0 Å². The molecule has 0 amide bonds. The Balaban J connectivity index is 1.09. The van der Waals surface area contributed by atoms with Gasteiger partial charge in [-0.2, -0.15) is 10.5 Å². The molecular formula is C66H38N8. The van der Waals surface area contributed by atoms with Crippen molar-refractivity contribution in [2.45, 2.75) is 0 Å². The summed E-state index contributed by atoms with van der Waals surface area (Å²) in [6.07, 6.45) is 0. The van der Waals surface area contributed by atoms with Crippen LogP contribution in [0.15, 0.2) is 231 Å². The third-order valence-electron chi connectivity index (χ3n) is 13.9. The molecule has 0 spiro atoms. The molecule has 342 valence electrons. The van der Waals surface area contributed by atoms with Crippen molar-refractivity contribution in [3.63, 3.8) is 0 Å². The molecule has 0 aliphatic carbocycles. The topological polar surface area (TPSA) is 100 Å². The van der Waals surface area contributed by atoms with Gasteiger partial charge in [0, 0.05) is 49.6 Å². The lowest BCUT2D eigenvalue weighted by Gasteiger charge is -2.18. The van der Waals surface area contributed by atoms with E-state index in [0.29, 0.717) is 34.3 Å². The number of hydrogen-bond acceptors (Lipinski definition) is 5. The van der Waals surface area contributed by atoms with Crippen molar-refractivity contribution in [3.8, 4) is 91.1 Å². The molecule has 3 heterocycles. The summed E-state index contributed by atoms with van der Waals surface area (Å²) in [4.78, 5) is 20.1. The second-order valence-electron chi connectivity index (χ2n) is 18.1. The molecule has 8 heteroatoms. The highest BCUT2D eigenvalue weighted by Gasteiger charge is 2.23. The number of hydrogen-bond donors (Lipinski definition) is 0. The number of aromatic nitrogens is 5. The lowest BCUT2D eigenvalue weighted by atomic mass is 9.95. The Bertz CT molecular complexity index is 4190. The Morgan fingerprint density at radius 2 is 0.757 bits per heavy atom. The SMILES string of the molecule is [C-]#[N+]c1cccc(-c2cc(-n3c4ccccc4c4ccccc43)ccc2-c2nc(-c3ccccc3-c3ccc(C#N)cc3)nc(-c3ccc(-n4c5ccccc5c5ccccc54)cc3-c3cccc(C#N)c3)n2)c1. The highest BCUT2D eigenvalue weighted by atomic mass is 15.0. The Morgan fingerprint density at radius 1 is 0.338 bits per heavy atom. The maximum Gasteiger partial charge on any atom is 0.187 e. The maximum absolute atomic E-state index is 10.2. The van der Waals surface area contributed by atoms with Crippen LogP contribution in [0.25, 0.3) is 127 Å². The molecule has 13 rings (SSSR count). The van der Waals surface area contributed by atoms with Gasteiger partial charge in [0.25, 0.3) is 0 Å². The van der Waals surface area contributed by atoms with E-state index < -0.39 is 0 Å². The van der Waals surface area contributed by atoms with Crippen molar-refractivity contribution in [2.24, 2.45) is 0 Å². The van der Waals surface area contributed by atoms with Gasteiger partial charge in [-0.05, 0) is 124 Å². The molecule has 0 unspecified atom stereocenters. The first-order chi connectivity index (χ1) is 36.5. The van der Waals surface area contributed by atoms with E-state index in [0.717, 1.165) is 105 Å². The Labute approximate surface area is 426 Å². The lowest BCUT2D eigenvalue weighted by molar-refractivity contribution is 1.07. The molecule has 0 aliphatic heterocycles. The van der Waals surface area contributed by atoms with Gasteiger partial charge >= 0.3 is 0 Å². The van der Waals surface area contributed by atoms with Crippen LogP contribution in [0.5, 0.6) is 0 Å². The highest BCUT2D eigenvalue weighted by Crippen LogP contribution is 2.42. The van der Waals surface area contributed by atoms with Crippen molar-refractivity contribution in [1.82, 2.24) is 24.1 Å². The normalized spacial score (nSPS) is 11.2. The summed E-state index contributed by atoms with van der Waals surface area (Å²) in [7, 11) is 0. The molecule has 0 atom stereocenters. The molecule has 10 aromatic carbocycles. The molecule has 74 heavy (non-hydrogen) atoms. The molecule has 0 bridgehead atoms. The fraction of sp³-hybridized carbons (Fsp3) is 0. The van der Waals surface area contributed by atoms with Gasteiger partial charge in [0.2, 0.25) is 0 Å². The molecule has 0 fully saturated rings. The second kappa shape index (κ2) is 17.9. The van der Waals surface area contributed by atoms with Crippen LogP contribution in [-0.4, -0.2) is 24.1 Å². The van der Waals surface area contributed by atoms with E-state index in [9.17, 15) is 10.5 Å². The van der Waals surface area contributed by atoms with E-state index >= 15 is 0 Å². The first-order valence-corrected chi connectivity index (χ1v) is 24.2. The third kappa shape index (κ3) is 7.33. The third-order valence-corrected chi connectivity index (χ3v) is 13.9. The van der Waals surface area contributed by atoms with Crippen molar-refractivity contribution in [2.75, 3.05) is 0 Å². The zero-order chi connectivity index (χ0) is 49.7. The molecule has 8 nitrogen and oxygen atoms in total. The summed E-state index contributed by atoms with van der Waals surface area (Å²) in [5.74, 6) is 1.30. The maximum atomic E-state index is 10.2. The smallest absolute Gasteiger partial charge is 0.187 e. The Kier molecular flexibility index (Phi) is 10.5. The van der Waals surface area contributed by atoms with Gasteiger partial charge in [0.15, 0.2) is 23.2 Å². The van der Waals surface area contributed by atoms with E-state index in [1.165, 1.54) is 0 Å². The first kappa shape index (κ1) is 43.3. The number of fused-ring (bicyclic) bond motifs is 6. The minimum Gasteiger partial charge on any atom is -0.309 e. The summed E-state index contributed by atoms with van der Waals surface area (Å²) in [5.41, 5.74) is 15.1. The van der Waals surface area contributed by atoms with Crippen molar-refractivity contribution >= 4 is 49.3 Å². The Hall–Kier alpha value is -10.7. The lowest BCUT2D eigenvalue weighted by Crippen LogP contribution is -2.04. The average Bonchev–Trinajstić information content (AvgIpc) is 4.00. The fourth-order valence-corrected chi connectivity index (χ4v) is 10.5. The minimum atomic E-state index is 0.429. The fourth-order valence-electron chi connectivity index (χ4n) is 10.5. The largest absolute Gasteiger partial charge is 0.309 e. The van der Waals surface area contributed by atoms with Crippen LogP contribution in [0.2, 0.25) is 0 Å². The van der Waals surface area contributed by atoms with Crippen LogP contribution < -0.4 is 0 Å². The number of benzene rings is 10. The molecule has 3 aromatic heterocycles. The molecule has 13 aromatic rings. The van der Waals surface area contributed by atoms with E-state index in [1.807, 2.05) is 97.1 Å². The van der Waals surface area contributed by atoms with Crippen LogP contribution in [0.1, 0.15) is 11.1 Å². The van der Waals surface area contributed by atoms with E-state index in [1.54, 1.807) is 0 Å². The Morgan fingerprint density at radius 3 is 1.23 bits per heavy atom. The summed E-state index contributed by atoms with van der Waals surface area (Å²) in [5, 5.41) is 24.5. The molecule has 0 aliphatic rings. The number of nitrogens with zero attached hydrogens (tertiary/aromatic N) is 8. The van der Waals surface area contributed by atoms with Gasteiger partial charge in [0.1, 0.15) is 0 Å². The van der Waals surface area contributed by atoms with E-state index in [-0.39, 0.29) is 0 Å². The molecule has 0 saturated carbocycles. The van der Waals surface area contributed by atoms with E-state index in [2.05, 4.69) is 160 Å². The summed E-state index contributed by atoms with van der Waals surface area (Å²) < 4.78 is 4.57. The second-order valence-corrected chi connectivity index (χ2v) is 18.1. The van der Waals surface area contributed by atoms with Crippen LogP contribution in [0.4, 0.5) is 5.69 Å². The summed E-state index contributed by atoms with van der Waals surface area (Å²) in [6.45, 7) is 8.03. The number of para-hydroxylation sites is 4. The van der Waals surface area contributed by atoms with Crippen molar-refractivity contribution in [1.29, 1.82) is 10.5 Å². The minimum absolute atomic E-state index is 0.429. The summed E-state index contributed by atoms with van der Waals surface area (Å²) in [6, 6.07) is 82.0. The van der Waals surface area contributed by atoms with Gasteiger partial charge in [-0.3, -0.25) is 0 Å². The zero-order valence-corrected chi connectivity index (χ0v) is 39.5. The molecule has 0 N–H and O–H groups in total. The van der Waals surface area contributed by atoms with Crippen LogP contribution in [0, 0.1) is 29.2 Å². The van der Waals surface area contributed by atoms with Gasteiger partial charge in [0.05, 0.1) is 51.9 Å². The van der Waals surface area contributed by atoms with Gasteiger partial charge < -0.3 is 9.13 Å². The number of nitriles is 2. The monoisotopic (exact) mass is 942 g/mol. The molecule has 0 radical (unpaired) electrons. The van der Waals surface area contributed by atoms with Crippen molar-refractivity contribution < 1.29 is 0 Å². The highest BCUT2D eigenvalue weighted by molar-refractivity contribution is 6.10. The number of rotatable bonds is 8. The van der Waals surface area contributed by atoms with E-state index in [4.69, 9.17) is 21.5 Å². The average molecular weight is 943 g/mol. The summed E-state index contributed by atoms with van der Waals surface area (Å²) >= 11 is 0. The zero-order valence-electron chi connectivity index (χ0n) is 39.5. The first-order valence-electron chi connectivity index (χ1n) is 24.2. The predicted octanol–water partition coefficient (Wildman–Crippen LogP) is 16.4. The molecule has 0 saturated heterocycles. The van der Waals surface area contributed by atoms with Crippen LogP contribution >= 0.6 is 0 Å². The van der Waals surface area contributed by atoms with Crippen LogP contribution in [0.3, 0.4) is 0 Å². The van der Waals surface area contributed by atoms with Gasteiger partial charge in [-0.1, -0.05) is 140 Å². The molecular weight excluding hydrogens is 905 g/mol. The quantitative estimate of drug-likeness (QED) is 0.141. The van der Waals surface area contributed by atoms with Crippen molar-refractivity contribution in [3.05, 3.63) is 253 Å². The standard InChI is InChI=1S/C66H38N8/c1-69-47-17-13-16-46(37-47)59-39-49(74-62-26-10-6-21-53(62)54-22-7-11-27-63(54)74)33-35-57(59)66-71-64(55-23-3-2-18-50(55)44-30-28-42(40-67)29-31-44)70-65(72-66)56-34-32-48(38-58(56)45-15-12-14-43(36-45)41-68)73-60-24-8-4-19-51(60)52-20-5-9-25-61(52)73/h2-39H. The van der Waals surface area contributed by atoms with Gasteiger partial charge in [-0.15, -0.1) is 0 Å². The van der Waals surface area contributed by atoms with Gasteiger partial charge in [-0.25, -0.2) is 19.8 Å². The predicted molar refractivity (Wildman–Crippen MR) is 297 cm³/mol.